The van der Waals surface area contributed by atoms with Gasteiger partial charge in [0, 0.05) is 35.3 Å². The lowest BCUT2D eigenvalue weighted by Crippen LogP contribution is -2.45. The molecule has 1 aromatic carbocycles. The molecule has 148 valence electrons. The number of hydrogen-bond acceptors (Lipinski definition) is 5. The Bertz CT molecular complexity index is 1170. The van der Waals surface area contributed by atoms with Crippen molar-refractivity contribution in [2.75, 3.05) is 4.90 Å². The largest absolute Gasteiger partial charge is 0.404 e. The molecule has 29 heavy (non-hydrogen) atoms. The molecule has 2 saturated heterocycles. The van der Waals surface area contributed by atoms with Crippen LogP contribution in [0.2, 0.25) is 5.02 Å². The summed E-state index contributed by atoms with van der Waals surface area (Å²) in [6, 6.07) is 5.08. The van der Waals surface area contributed by atoms with E-state index in [0.29, 0.717) is 29.2 Å². The molecule has 2 unspecified atom stereocenters. The number of nitrogens with two attached hydrogens (primary N) is 1. The van der Waals surface area contributed by atoms with Crippen LogP contribution in [0.25, 0.3) is 16.6 Å². The van der Waals surface area contributed by atoms with E-state index in [1.807, 2.05) is 27.8 Å². The number of rotatable bonds is 3. The molecular formula is C21H22ClN7. The first-order chi connectivity index (χ1) is 14.1. The van der Waals surface area contributed by atoms with Gasteiger partial charge in [-0.1, -0.05) is 11.6 Å². The van der Waals surface area contributed by atoms with Gasteiger partial charge in [-0.15, -0.1) is 0 Å². The van der Waals surface area contributed by atoms with Crippen LogP contribution >= 0.6 is 11.6 Å². The predicted molar refractivity (Wildman–Crippen MR) is 114 cm³/mol. The molecule has 3 N–H and O–H groups in total. The van der Waals surface area contributed by atoms with Crippen LogP contribution in [0.5, 0.6) is 0 Å². The Morgan fingerprint density at radius 2 is 1.93 bits per heavy atom. The number of halogens is 1. The van der Waals surface area contributed by atoms with Crippen molar-refractivity contribution < 1.29 is 0 Å². The summed E-state index contributed by atoms with van der Waals surface area (Å²) in [5, 5.41) is 19.1. The van der Waals surface area contributed by atoms with Crippen molar-refractivity contribution in [3.8, 4) is 5.69 Å². The van der Waals surface area contributed by atoms with Crippen molar-refractivity contribution in [1.29, 1.82) is 5.41 Å². The Balaban J connectivity index is 1.46. The third kappa shape index (κ3) is 2.53. The van der Waals surface area contributed by atoms with Gasteiger partial charge in [-0.25, -0.2) is 4.68 Å². The Morgan fingerprint density at radius 1 is 1.10 bits per heavy atom. The second kappa shape index (κ2) is 6.10. The lowest BCUT2D eigenvalue weighted by molar-refractivity contribution is 0.641. The van der Waals surface area contributed by atoms with Crippen LogP contribution in [0.4, 0.5) is 5.69 Å². The molecular weight excluding hydrogens is 386 g/mol. The molecule has 3 aromatic rings. The highest BCUT2D eigenvalue weighted by molar-refractivity contribution is 6.34. The summed E-state index contributed by atoms with van der Waals surface area (Å²) in [5.41, 5.74) is 10.4. The highest BCUT2D eigenvalue weighted by Crippen LogP contribution is 2.44. The van der Waals surface area contributed by atoms with Gasteiger partial charge < -0.3 is 16.0 Å². The highest BCUT2D eigenvalue weighted by Gasteiger charge is 2.42. The van der Waals surface area contributed by atoms with Crippen LogP contribution in [0.15, 0.2) is 42.5 Å². The number of aromatic nitrogens is 4. The fraction of sp³-hybridized carbons (Fsp3) is 0.381. The van der Waals surface area contributed by atoms with Gasteiger partial charge in [0.15, 0.2) is 0 Å². The van der Waals surface area contributed by atoms with Crippen molar-refractivity contribution in [3.63, 3.8) is 0 Å². The molecule has 3 fully saturated rings. The van der Waals surface area contributed by atoms with Crippen LogP contribution in [-0.4, -0.2) is 37.4 Å². The quantitative estimate of drug-likeness (QED) is 0.690. The Morgan fingerprint density at radius 3 is 2.72 bits per heavy atom. The average molecular weight is 408 g/mol. The van der Waals surface area contributed by atoms with Gasteiger partial charge in [-0.3, -0.25) is 4.68 Å². The van der Waals surface area contributed by atoms with Crippen molar-refractivity contribution in [2.45, 2.75) is 50.2 Å². The van der Waals surface area contributed by atoms with Gasteiger partial charge in [0.25, 0.3) is 0 Å². The minimum absolute atomic E-state index is 0.121. The molecule has 2 aliphatic heterocycles. The van der Waals surface area contributed by atoms with E-state index in [4.69, 9.17) is 22.7 Å². The maximum atomic E-state index is 8.32. The number of nitrogens with zero attached hydrogens (tertiary/aromatic N) is 5. The number of fused-ring (bicyclic) bond motifs is 3. The topological polar surface area (TPSA) is 88.8 Å². The second-order valence-electron chi connectivity index (χ2n) is 8.29. The molecule has 2 atom stereocenters. The molecule has 7 nitrogen and oxygen atoms in total. The van der Waals surface area contributed by atoms with E-state index >= 15 is 0 Å². The third-order valence-electron chi connectivity index (χ3n) is 6.50. The summed E-state index contributed by atoms with van der Waals surface area (Å²) in [5.74, 6) is 0. The van der Waals surface area contributed by atoms with Gasteiger partial charge >= 0.3 is 0 Å². The molecule has 6 rings (SSSR count). The lowest BCUT2D eigenvalue weighted by Gasteiger charge is -2.39. The molecule has 0 amide bonds. The second-order valence-corrected chi connectivity index (χ2v) is 8.69. The third-order valence-corrected chi connectivity index (χ3v) is 6.80. The Hall–Kier alpha value is -2.80. The van der Waals surface area contributed by atoms with Crippen LogP contribution in [0, 0.1) is 5.41 Å². The van der Waals surface area contributed by atoms with E-state index in [2.05, 4.69) is 27.4 Å². The molecule has 4 heterocycles. The Labute approximate surface area is 173 Å². The molecule has 1 aliphatic carbocycles. The minimum atomic E-state index is 0.121. The number of benzene rings is 1. The maximum Gasteiger partial charge on any atom is 0.103 e. The van der Waals surface area contributed by atoms with Crippen molar-refractivity contribution >= 4 is 33.9 Å². The summed E-state index contributed by atoms with van der Waals surface area (Å²) in [6.07, 6.45) is 12.6. The average Bonchev–Trinajstić information content (AvgIpc) is 3.16. The van der Waals surface area contributed by atoms with Gasteiger partial charge in [-0.05, 0) is 37.8 Å². The molecule has 8 heteroatoms. The minimum Gasteiger partial charge on any atom is -0.404 e. The molecule has 3 aliphatic rings. The van der Waals surface area contributed by atoms with Crippen LogP contribution in [0.1, 0.15) is 38.1 Å². The van der Waals surface area contributed by atoms with E-state index in [0.717, 1.165) is 40.7 Å². The zero-order valence-corrected chi connectivity index (χ0v) is 16.7. The van der Waals surface area contributed by atoms with Gasteiger partial charge in [-0.2, -0.15) is 10.2 Å². The molecule has 0 radical (unpaired) electrons. The SMILES string of the molecule is N=C1CC2CCC(C1=CN)N2c1cc2c(cnn2-c2cnn(C3CC3)c2)cc1Cl. The van der Waals surface area contributed by atoms with Gasteiger partial charge in [0.05, 0.1) is 46.9 Å². The normalized spacial score (nSPS) is 25.5. The summed E-state index contributed by atoms with van der Waals surface area (Å²) in [4.78, 5) is 2.36. The van der Waals surface area contributed by atoms with Gasteiger partial charge in [0.1, 0.15) is 5.69 Å². The lowest BCUT2D eigenvalue weighted by atomic mass is 9.94. The van der Waals surface area contributed by atoms with E-state index in [9.17, 15) is 0 Å². The highest BCUT2D eigenvalue weighted by atomic mass is 35.5. The fourth-order valence-corrected chi connectivity index (χ4v) is 5.20. The summed E-state index contributed by atoms with van der Waals surface area (Å²) >= 11 is 6.73. The van der Waals surface area contributed by atoms with Crippen LogP contribution < -0.4 is 10.6 Å². The molecule has 0 spiro atoms. The summed E-state index contributed by atoms with van der Waals surface area (Å²) in [7, 11) is 0. The van der Waals surface area contributed by atoms with Crippen molar-refractivity contribution in [2.24, 2.45) is 5.73 Å². The zero-order chi connectivity index (χ0) is 19.7. The molecule has 2 aromatic heterocycles. The fourth-order valence-electron chi connectivity index (χ4n) is 4.93. The smallest absolute Gasteiger partial charge is 0.103 e. The number of anilines is 1. The summed E-state index contributed by atoms with van der Waals surface area (Å²) in [6.45, 7) is 0. The molecule has 1 saturated carbocycles. The first-order valence-electron chi connectivity index (χ1n) is 10.1. The van der Waals surface area contributed by atoms with E-state index in [1.165, 1.54) is 12.8 Å². The molecule has 2 bridgehead atoms. The Kier molecular flexibility index (Phi) is 3.59. The predicted octanol–water partition coefficient (Wildman–Crippen LogP) is 3.81. The van der Waals surface area contributed by atoms with E-state index < -0.39 is 0 Å². The number of piperidine rings is 1. The standard InChI is InChI=1S/C21H22ClN7/c22-17-5-12-9-26-29(15-10-25-27(11-15)13-1-2-13)20(12)7-21(17)28-14-3-4-19(28)16(8-23)18(24)6-14/h5,7-11,13-14,19,24H,1-4,6,23H2. The monoisotopic (exact) mass is 407 g/mol. The zero-order valence-electron chi connectivity index (χ0n) is 15.9. The van der Waals surface area contributed by atoms with Crippen LogP contribution in [0.3, 0.4) is 0 Å². The van der Waals surface area contributed by atoms with Crippen molar-refractivity contribution in [3.05, 3.63) is 47.5 Å². The van der Waals surface area contributed by atoms with E-state index in [1.54, 1.807) is 6.20 Å². The maximum absolute atomic E-state index is 8.32. The van der Waals surface area contributed by atoms with Gasteiger partial charge in [0.2, 0.25) is 0 Å². The van der Waals surface area contributed by atoms with Crippen LogP contribution in [-0.2, 0) is 0 Å². The van der Waals surface area contributed by atoms with E-state index in [-0.39, 0.29) is 6.04 Å². The first-order valence-corrected chi connectivity index (χ1v) is 10.5. The first kappa shape index (κ1) is 17.1. The number of nitrogens with one attached hydrogen (secondary N) is 1. The van der Waals surface area contributed by atoms with Crippen molar-refractivity contribution in [1.82, 2.24) is 19.6 Å². The number of hydrogen-bond donors (Lipinski definition) is 2. The summed E-state index contributed by atoms with van der Waals surface area (Å²) < 4.78 is 3.98.